The Bertz CT molecular complexity index is 662. The topological polar surface area (TPSA) is 67.6 Å². The number of benzene rings is 1. The van der Waals surface area contributed by atoms with Crippen LogP contribution in [0.5, 0.6) is 5.75 Å². The van der Waals surface area contributed by atoms with Gasteiger partial charge in [0.05, 0.1) is 18.8 Å². The highest BCUT2D eigenvalue weighted by Crippen LogP contribution is 2.21. The van der Waals surface area contributed by atoms with Gasteiger partial charge in [0.25, 0.3) is 0 Å². The van der Waals surface area contributed by atoms with Crippen LogP contribution >= 0.6 is 0 Å². The SMILES string of the molecule is Cc1cc(CN(C)CC(=O)NCCOc2c(C)cccc2C)no1. The molecule has 1 amide bonds. The fraction of sp³-hybridized carbons (Fsp3) is 0.444. The van der Waals surface area contributed by atoms with Gasteiger partial charge >= 0.3 is 0 Å². The van der Waals surface area contributed by atoms with Crippen LogP contribution < -0.4 is 10.1 Å². The molecule has 1 aromatic heterocycles. The van der Waals surface area contributed by atoms with Gasteiger partial charge in [-0.2, -0.15) is 0 Å². The molecule has 130 valence electrons. The maximum absolute atomic E-state index is 11.9. The van der Waals surface area contributed by atoms with Crippen LogP contribution in [-0.2, 0) is 11.3 Å². The lowest BCUT2D eigenvalue weighted by molar-refractivity contribution is -0.122. The fourth-order valence-corrected chi connectivity index (χ4v) is 2.50. The number of rotatable bonds is 8. The van der Waals surface area contributed by atoms with Crippen molar-refractivity contribution >= 4 is 5.91 Å². The van der Waals surface area contributed by atoms with Crippen molar-refractivity contribution in [3.8, 4) is 5.75 Å². The second-order valence-corrected chi connectivity index (χ2v) is 6.02. The Morgan fingerprint density at radius 3 is 2.62 bits per heavy atom. The third-order valence-electron chi connectivity index (χ3n) is 3.60. The smallest absolute Gasteiger partial charge is 0.234 e. The molecule has 0 aliphatic heterocycles. The van der Waals surface area contributed by atoms with Gasteiger partial charge in [-0.3, -0.25) is 9.69 Å². The van der Waals surface area contributed by atoms with E-state index >= 15 is 0 Å². The van der Waals surface area contributed by atoms with E-state index < -0.39 is 0 Å². The number of likely N-dealkylation sites (N-methyl/N-ethyl adjacent to an activating group) is 1. The lowest BCUT2D eigenvalue weighted by atomic mass is 10.1. The van der Waals surface area contributed by atoms with Crippen molar-refractivity contribution in [1.82, 2.24) is 15.4 Å². The summed E-state index contributed by atoms with van der Waals surface area (Å²) in [6.07, 6.45) is 0. The molecule has 2 rings (SSSR count). The summed E-state index contributed by atoms with van der Waals surface area (Å²) in [5.74, 6) is 1.62. The van der Waals surface area contributed by atoms with E-state index in [2.05, 4.69) is 10.5 Å². The molecule has 0 spiro atoms. The number of aromatic nitrogens is 1. The van der Waals surface area contributed by atoms with Crippen molar-refractivity contribution in [2.45, 2.75) is 27.3 Å². The van der Waals surface area contributed by atoms with Gasteiger partial charge in [-0.05, 0) is 38.9 Å². The lowest BCUT2D eigenvalue weighted by Crippen LogP contribution is -2.36. The minimum atomic E-state index is -0.0391. The van der Waals surface area contributed by atoms with E-state index in [1.54, 1.807) is 0 Å². The summed E-state index contributed by atoms with van der Waals surface area (Å²) in [5.41, 5.74) is 3.02. The minimum absolute atomic E-state index is 0.0391. The van der Waals surface area contributed by atoms with Gasteiger partial charge in [-0.25, -0.2) is 0 Å². The summed E-state index contributed by atoms with van der Waals surface area (Å²) in [4.78, 5) is 13.8. The van der Waals surface area contributed by atoms with Crippen molar-refractivity contribution in [2.75, 3.05) is 26.7 Å². The third-order valence-corrected chi connectivity index (χ3v) is 3.60. The maximum Gasteiger partial charge on any atom is 0.234 e. The average Bonchev–Trinajstić information content (AvgIpc) is 2.90. The highest BCUT2D eigenvalue weighted by molar-refractivity contribution is 5.77. The number of carbonyl (C=O) groups excluding carboxylic acids is 1. The van der Waals surface area contributed by atoms with E-state index in [0.717, 1.165) is 28.3 Å². The number of carbonyl (C=O) groups is 1. The largest absolute Gasteiger partial charge is 0.491 e. The molecule has 0 saturated heterocycles. The van der Waals surface area contributed by atoms with Crippen LogP contribution in [0.2, 0.25) is 0 Å². The van der Waals surface area contributed by atoms with Crippen LogP contribution in [0.1, 0.15) is 22.6 Å². The van der Waals surface area contributed by atoms with E-state index in [9.17, 15) is 4.79 Å². The third kappa shape index (κ3) is 5.38. The Kier molecular flexibility index (Phi) is 6.37. The minimum Gasteiger partial charge on any atom is -0.491 e. The highest BCUT2D eigenvalue weighted by atomic mass is 16.5. The van der Waals surface area contributed by atoms with Crippen LogP contribution in [0.4, 0.5) is 0 Å². The Hall–Kier alpha value is -2.34. The van der Waals surface area contributed by atoms with Gasteiger partial charge in [0.2, 0.25) is 5.91 Å². The molecule has 2 aromatic rings. The standard InChI is InChI=1S/C18H25N3O3/c1-13-6-5-7-14(2)18(13)23-9-8-19-17(22)12-21(4)11-16-10-15(3)24-20-16/h5-7,10H,8-9,11-12H2,1-4H3,(H,19,22). The zero-order valence-electron chi connectivity index (χ0n) is 14.8. The highest BCUT2D eigenvalue weighted by Gasteiger charge is 2.09. The molecule has 0 aliphatic carbocycles. The quantitative estimate of drug-likeness (QED) is 0.751. The van der Waals surface area contributed by atoms with E-state index in [1.807, 2.05) is 57.0 Å². The second-order valence-electron chi connectivity index (χ2n) is 6.02. The van der Waals surface area contributed by atoms with Crippen LogP contribution in [0.3, 0.4) is 0 Å². The zero-order chi connectivity index (χ0) is 17.5. The monoisotopic (exact) mass is 331 g/mol. The summed E-state index contributed by atoms with van der Waals surface area (Å²) in [7, 11) is 1.87. The van der Waals surface area contributed by atoms with Gasteiger partial charge in [-0.15, -0.1) is 0 Å². The molecular formula is C18H25N3O3. The number of amides is 1. The molecule has 1 heterocycles. The van der Waals surface area contributed by atoms with Gasteiger partial charge in [0.15, 0.2) is 0 Å². The fourth-order valence-electron chi connectivity index (χ4n) is 2.50. The molecule has 0 bridgehead atoms. The van der Waals surface area contributed by atoms with Gasteiger partial charge < -0.3 is 14.6 Å². The molecule has 0 atom stereocenters. The van der Waals surface area contributed by atoms with Crippen LogP contribution in [0, 0.1) is 20.8 Å². The van der Waals surface area contributed by atoms with Crippen molar-refractivity contribution in [1.29, 1.82) is 0 Å². The number of para-hydroxylation sites is 1. The first kappa shape index (κ1) is 18.0. The number of hydrogen-bond acceptors (Lipinski definition) is 5. The molecule has 24 heavy (non-hydrogen) atoms. The van der Waals surface area contributed by atoms with Crippen LogP contribution in [-0.4, -0.2) is 42.7 Å². The zero-order valence-corrected chi connectivity index (χ0v) is 14.8. The van der Waals surface area contributed by atoms with Gasteiger partial charge in [-0.1, -0.05) is 23.4 Å². The molecule has 0 unspecified atom stereocenters. The molecule has 6 heteroatoms. The Morgan fingerprint density at radius 2 is 2.00 bits per heavy atom. The summed E-state index contributed by atoms with van der Waals surface area (Å²) in [5, 5.41) is 6.78. The summed E-state index contributed by atoms with van der Waals surface area (Å²) >= 11 is 0. The molecular weight excluding hydrogens is 306 g/mol. The van der Waals surface area contributed by atoms with Gasteiger partial charge in [0.1, 0.15) is 18.1 Å². The molecule has 1 aromatic carbocycles. The van der Waals surface area contributed by atoms with Crippen molar-refractivity contribution in [3.05, 3.63) is 46.8 Å². The first-order chi connectivity index (χ1) is 11.5. The summed E-state index contributed by atoms with van der Waals surface area (Å²) in [6, 6.07) is 7.90. The number of aryl methyl sites for hydroxylation is 3. The predicted molar refractivity (Wildman–Crippen MR) is 92.0 cm³/mol. The molecule has 0 saturated carbocycles. The average molecular weight is 331 g/mol. The van der Waals surface area contributed by atoms with E-state index in [0.29, 0.717) is 26.2 Å². The lowest BCUT2D eigenvalue weighted by Gasteiger charge is -2.15. The van der Waals surface area contributed by atoms with Gasteiger partial charge in [0, 0.05) is 12.6 Å². The Balaban J connectivity index is 1.68. The molecule has 6 nitrogen and oxygen atoms in total. The molecule has 0 radical (unpaired) electrons. The van der Waals surface area contributed by atoms with Crippen molar-refractivity contribution in [3.63, 3.8) is 0 Å². The number of ether oxygens (including phenoxy) is 1. The maximum atomic E-state index is 11.9. The van der Waals surface area contributed by atoms with Crippen LogP contribution in [0.15, 0.2) is 28.8 Å². The Morgan fingerprint density at radius 1 is 1.29 bits per heavy atom. The summed E-state index contributed by atoms with van der Waals surface area (Å²) in [6.45, 7) is 7.68. The van der Waals surface area contributed by atoms with Crippen molar-refractivity contribution < 1.29 is 14.1 Å². The normalized spacial score (nSPS) is 10.9. The number of nitrogens with zero attached hydrogens (tertiary/aromatic N) is 2. The number of hydrogen-bond donors (Lipinski definition) is 1. The Labute approximate surface area is 142 Å². The van der Waals surface area contributed by atoms with Crippen molar-refractivity contribution in [2.24, 2.45) is 0 Å². The molecule has 0 aliphatic rings. The second kappa shape index (κ2) is 8.49. The van der Waals surface area contributed by atoms with Crippen LogP contribution in [0.25, 0.3) is 0 Å². The molecule has 0 fully saturated rings. The van der Waals surface area contributed by atoms with E-state index in [1.165, 1.54) is 0 Å². The molecule has 1 N–H and O–H groups in total. The number of nitrogens with one attached hydrogen (secondary N) is 1. The summed E-state index contributed by atoms with van der Waals surface area (Å²) < 4.78 is 10.8. The first-order valence-electron chi connectivity index (χ1n) is 8.02. The van der Waals surface area contributed by atoms with E-state index in [4.69, 9.17) is 9.26 Å². The predicted octanol–water partition coefficient (Wildman–Crippen LogP) is 2.23. The van der Waals surface area contributed by atoms with E-state index in [-0.39, 0.29) is 5.91 Å². The first-order valence-corrected chi connectivity index (χ1v) is 8.02.